The molecular formula is C62H119NO8. The molecule has 2 atom stereocenters. The van der Waals surface area contributed by atoms with Gasteiger partial charge in [-0.3, -0.25) is 9.59 Å². The Hall–Kier alpha value is -1.97. The van der Waals surface area contributed by atoms with Crippen LogP contribution in [-0.4, -0.2) is 82.3 Å². The summed E-state index contributed by atoms with van der Waals surface area (Å²) in [5.74, 6) is -2.26. The summed E-state index contributed by atoms with van der Waals surface area (Å²) in [7, 11) is 5.94. The molecular weight excluding hydrogens is 887 g/mol. The van der Waals surface area contributed by atoms with E-state index in [2.05, 4.69) is 26.0 Å². The van der Waals surface area contributed by atoms with Gasteiger partial charge in [0.2, 0.25) is 0 Å². The van der Waals surface area contributed by atoms with Gasteiger partial charge < -0.3 is 33.3 Å². The van der Waals surface area contributed by atoms with Crippen LogP contribution in [0.1, 0.15) is 309 Å². The van der Waals surface area contributed by atoms with E-state index in [0.29, 0.717) is 23.9 Å². The molecule has 9 heteroatoms. The quantitative estimate of drug-likeness (QED) is 0.0195. The van der Waals surface area contributed by atoms with Crippen molar-refractivity contribution in [1.82, 2.24) is 0 Å². The molecule has 2 unspecified atom stereocenters. The third kappa shape index (κ3) is 55.6. The topological polar surface area (TPSA) is 111 Å². The van der Waals surface area contributed by atoms with Crippen LogP contribution in [0, 0.1) is 0 Å². The van der Waals surface area contributed by atoms with Gasteiger partial charge in [0.1, 0.15) is 13.2 Å². The van der Waals surface area contributed by atoms with Crippen LogP contribution in [0.2, 0.25) is 0 Å². The molecule has 0 saturated heterocycles. The van der Waals surface area contributed by atoms with Crippen molar-refractivity contribution in [2.45, 2.75) is 322 Å². The highest BCUT2D eigenvalue weighted by Gasteiger charge is 2.22. The predicted octanol–water partition coefficient (Wildman–Crippen LogP) is 16.8. The Labute approximate surface area is 440 Å². The molecule has 0 rings (SSSR count). The van der Waals surface area contributed by atoms with E-state index in [-0.39, 0.29) is 32.2 Å². The van der Waals surface area contributed by atoms with Gasteiger partial charge in [-0.25, -0.2) is 0 Å². The van der Waals surface area contributed by atoms with Crippen LogP contribution in [0.25, 0.3) is 0 Å². The molecule has 0 aromatic carbocycles. The Balaban J connectivity index is 4.15. The highest BCUT2D eigenvalue weighted by Crippen LogP contribution is 2.18. The molecule has 0 saturated carbocycles. The molecule has 0 bridgehead atoms. The van der Waals surface area contributed by atoms with Gasteiger partial charge in [-0.05, 0) is 38.5 Å². The van der Waals surface area contributed by atoms with Gasteiger partial charge in [0.15, 0.2) is 12.4 Å². The van der Waals surface area contributed by atoms with Crippen molar-refractivity contribution in [3.05, 3.63) is 12.2 Å². The van der Waals surface area contributed by atoms with Crippen molar-refractivity contribution in [2.24, 2.45) is 0 Å². The molecule has 0 aliphatic rings. The van der Waals surface area contributed by atoms with Crippen molar-refractivity contribution in [2.75, 3.05) is 47.5 Å². The highest BCUT2D eigenvalue weighted by atomic mass is 16.7. The average Bonchev–Trinajstić information content (AvgIpc) is 3.34. The second-order valence-corrected chi connectivity index (χ2v) is 22.4. The van der Waals surface area contributed by atoms with Crippen LogP contribution in [0.5, 0.6) is 0 Å². The monoisotopic (exact) mass is 1010 g/mol. The van der Waals surface area contributed by atoms with E-state index in [9.17, 15) is 19.5 Å². The SMILES string of the molecule is CCCCCCCCCC/C=C\CCCCCCCCCCCC(=O)OC(COC(=O)CCCCCCCCCCCCCCCCCCCCCCCCCCC)COC(OCC[N+](C)(C)C)C(=O)[O-]. The third-order valence-electron chi connectivity index (χ3n) is 14.0. The van der Waals surface area contributed by atoms with Crippen molar-refractivity contribution < 1.29 is 42.9 Å². The number of ether oxygens (including phenoxy) is 4. The van der Waals surface area contributed by atoms with Crippen molar-refractivity contribution in [1.29, 1.82) is 0 Å². The van der Waals surface area contributed by atoms with Crippen LogP contribution in [0.3, 0.4) is 0 Å². The van der Waals surface area contributed by atoms with Crippen LogP contribution < -0.4 is 5.11 Å². The summed E-state index contributed by atoms with van der Waals surface area (Å²) in [5.41, 5.74) is 0. The largest absolute Gasteiger partial charge is 0.545 e. The van der Waals surface area contributed by atoms with Crippen molar-refractivity contribution in [3.8, 4) is 0 Å². The standard InChI is InChI=1S/C62H119NO8/c1-6-8-10-12-14-16-18-20-22-24-26-28-29-30-31-33-34-36-38-40-42-44-46-48-50-52-59(64)69-56-58(57-70-62(61(66)67)68-55-54-63(3,4)5)71-60(65)53-51-49-47-45-43-41-39-37-35-32-27-25-23-21-19-17-15-13-11-9-7-2/h25,27,58,62H,6-24,26,28-57H2,1-5H3/b27-25-. The van der Waals surface area contributed by atoms with Crippen LogP contribution in [0.4, 0.5) is 0 Å². The summed E-state index contributed by atoms with van der Waals surface area (Å²) < 4.78 is 22.8. The lowest BCUT2D eigenvalue weighted by atomic mass is 10.0. The fourth-order valence-corrected chi connectivity index (χ4v) is 9.24. The zero-order valence-corrected chi connectivity index (χ0v) is 47.9. The van der Waals surface area contributed by atoms with E-state index in [0.717, 1.165) is 32.1 Å². The number of allylic oxidation sites excluding steroid dienone is 2. The van der Waals surface area contributed by atoms with E-state index in [1.807, 2.05) is 21.1 Å². The molecule has 0 heterocycles. The minimum atomic E-state index is -1.62. The lowest BCUT2D eigenvalue weighted by Gasteiger charge is -2.26. The maximum atomic E-state index is 12.9. The van der Waals surface area contributed by atoms with Gasteiger partial charge in [-0.1, -0.05) is 270 Å². The number of hydrogen-bond donors (Lipinski definition) is 0. The maximum absolute atomic E-state index is 12.9. The van der Waals surface area contributed by atoms with Crippen molar-refractivity contribution in [3.63, 3.8) is 0 Å². The highest BCUT2D eigenvalue weighted by molar-refractivity contribution is 5.70. The van der Waals surface area contributed by atoms with E-state index < -0.39 is 24.3 Å². The molecule has 0 aliphatic carbocycles. The Bertz CT molecular complexity index is 1170. The van der Waals surface area contributed by atoms with Gasteiger partial charge >= 0.3 is 11.9 Å². The number of carbonyl (C=O) groups excluding carboxylic acids is 3. The van der Waals surface area contributed by atoms with E-state index in [1.165, 1.54) is 244 Å². The van der Waals surface area contributed by atoms with Crippen LogP contribution >= 0.6 is 0 Å². The molecule has 0 aromatic heterocycles. The molecule has 0 aromatic rings. The van der Waals surface area contributed by atoms with Crippen molar-refractivity contribution >= 4 is 17.9 Å². The first-order valence-electron chi connectivity index (χ1n) is 30.8. The summed E-state index contributed by atoms with van der Waals surface area (Å²) in [6, 6.07) is 0. The number of likely N-dealkylation sites (N-methyl/N-ethyl adjacent to an activating group) is 1. The number of aliphatic carboxylic acids is 1. The molecule has 0 aliphatic heterocycles. The minimum Gasteiger partial charge on any atom is -0.545 e. The molecule has 0 radical (unpaired) electrons. The Morgan fingerprint density at radius 1 is 0.408 bits per heavy atom. The first-order chi connectivity index (χ1) is 34.6. The minimum absolute atomic E-state index is 0.151. The lowest BCUT2D eigenvalue weighted by molar-refractivity contribution is -0.870. The zero-order valence-electron chi connectivity index (χ0n) is 47.9. The van der Waals surface area contributed by atoms with Crippen LogP contribution in [-0.2, 0) is 33.3 Å². The summed E-state index contributed by atoms with van der Waals surface area (Å²) in [5, 5.41) is 11.8. The number of carboxylic acids is 1. The van der Waals surface area contributed by atoms with Crippen LogP contribution in [0.15, 0.2) is 12.2 Å². The Kier molecular flexibility index (Phi) is 52.8. The van der Waals surface area contributed by atoms with Gasteiger partial charge in [0.05, 0.1) is 40.3 Å². The fraction of sp³-hybridized carbons (Fsp3) is 0.919. The summed E-state index contributed by atoms with van der Waals surface area (Å²) in [6.07, 6.45) is 59.8. The summed E-state index contributed by atoms with van der Waals surface area (Å²) in [6.45, 7) is 4.81. The molecule has 0 spiro atoms. The number of esters is 2. The normalized spacial score (nSPS) is 12.7. The summed E-state index contributed by atoms with van der Waals surface area (Å²) >= 11 is 0. The van der Waals surface area contributed by atoms with Gasteiger partial charge in [0, 0.05) is 12.8 Å². The third-order valence-corrected chi connectivity index (χ3v) is 14.0. The molecule has 0 amide bonds. The number of carbonyl (C=O) groups is 3. The summed E-state index contributed by atoms with van der Waals surface area (Å²) in [4.78, 5) is 37.3. The van der Waals surface area contributed by atoms with Gasteiger partial charge in [-0.15, -0.1) is 0 Å². The fourth-order valence-electron chi connectivity index (χ4n) is 9.24. The number of quaternary nitrogens is 1. The zero-order chi connectivity index (χ0) is 52.0. The smallest absolute Gasteiger partial charge is 0.306 e. The number of nitrogens with zero attached hydrogens (tertiary/aromatic N) is 1. The molecule has 0 N–H and O–H groups in total. The second kappa shape index (κ2) is 54.3. The first kappa shape index (κ1) is 69.0. The molecule has 9 nitrogen and oxygen atoms in total. The predicted molar refractivity (Wildman–Crippen MR) is 297 cm³/mol. The molecule has 71 heavy (non-hydrogen) atoms. The molecule has 0 fully saturated rings. The number of rotatable bonds is 58. The van der Waals surface area contributed by atoms with E-state index in [1.54, 1.807) is 0 Å². The Morgan fingerprint density at radius 3 is 1.04 bits per heavy atom. The molecule has 420 valence electrons. The second-order valence-electron chi connectivity index (χ2n) is 22.4. The lowest BCUT2D eigenvalue weighted by Crippen LogP contribution is -2.44. The van der Waals surface area contributed by atoms with Gasteiger partial charge in [0.25, 0.3) is 0 Å². The number of hydrogen-bond acceptors (Lipinski definition) is 8. The Morgan fingerprint density at radius 2 is 0.718 bits per heavy atom. The number of carboxylic acid groups (broad SMARTS) is 1. The maximum Gasteiger partial charge on any atom is 0.306 e. The average molecular weight is 1010 g/mol. The van der Waals surface area contributed by atoms with E-state index >= 15 is 0 Å². The van der Waals surface area contributed by atoms with E-state index in [4.69, 9.17) is 18.9 Å². The number of unbranched alkanes of at least 4 members (excludes halogenated alkanes) is 41. The first-order valence-corrected chi connectivity index (χ1v) is 30.8. The van der Waals surface area contributed by atoms with Gasteiger partial charge in [-0.2, -0.15) is 0 Å².